The molecule has 11 heteroatoms. The van der Waals surface area contributed by atoms with Crippen molar-refractivity contribution in [2.24, 2.45) is 0 Å². The van der Waals surface area contributed by atoms with Crippen LogP contribution in [0.5, 0.6) is 0 Å². The SMILES string of the molecule is N#CCCSCCCN1CC2=C(C1=O)C(c1ccc(N)cc1)NC(=O)N2c1cccc(C(F)(F)F)c1. The molecule has 0 radical (unpaired) electrons. The van der Waals surface area contributed by atoms with Gasteiger partial charge in [0.25, 0.3) is 5.91 Å². The first kappa shape index (κ1) is 25.4. The van der Waals surface area contributed by atoms with Crippen molar-refractivity contribution in [2.45, 2.75) is 25.1 Å². The minimum Gasteiger partial charge on any atom is -0.399 e. The maximum Gasteiger partial charge on any atom is 0.416 e. The number of carbonyl (C=O) groups is 2. The lowest BCUT2D eigenvalue weighted by Gasteiger charge is -2.34. The third-order valence-corrected chi connectivity index (χ3v) is 7.05. The number of carbonyl (C=O) groups excluding carboxylic acids is 2. The number of nitrogens with one attached hydrogen (secondary N) is 1. The summed E-state index contributed by atoms with van der Waals surface area (Å²) in [5, 5.41) is 11.5. The maximum atomic E-state index is 13.5. The Morgan fingerprint density at radius 2 is 1.89 bits per heavy atom. The second kappa shape index (κ2) is 10.5. The second-order valence-corrected chi connectivity index (χ2v) is 9.62. The van der Waals surface area contributed by atoms with Gasteiger partial charge in [-0.1, -0.05) is 18.2 Å². The van der Waals surface area contributed by atoms with E-state index in [0.717, 1.165) is 22.8 Å². The molecule has 0 bridgehead atoms. The van der Waals surface area contributed by atoms with Crippen LogP contribution in [0, 0.1) is 11.3 Å². The van der Waals surface area contributed by atoms with Gasteiger partial charge >= 0.3 is 12.2 Å². The van der Waals surface area contributed by atoms with Crippen LogP contribution in [-0.4, -0.2) is 41.4 Å². The van der Waals surface area contributed by atoms with Gasteiger partial charge in [-0.2, -0.15) is 30.2 Å². The van der Waals surface area contributed by atoms with Crippen molar-refractivity contribution in [3.8, 4) is 6.07 Å². The van der Waals surface area contributed by atoms with E-state index < -0.39 is 23.8 Å². The molecule has 3 N–H and O–H groups in total. The number of nitrogens with zero attached hydrogens (tertiary/aromatic N) is 3. The number of amides is 3. The lowest BCUT2D eigenvalue weighted by atomic mass is 9.95. The molecule has 0 fully saturated rings. The van der Waals surface area contributed by atoms with Crippen LogP contribution in [0.2, 0.25) is 0 Å². The molecule has 0 saturated heterocycles. The highest BCUT2D eigenvalue weighted by molar-refractivity contribution is 7.99. The molecular weight excluding hydrogens is 491 g/mol. The van der Waals surface area contributed by atoms with Crippen LogP contribution in [0.1, 0.15) is 30.0 Å². The second-order valence-electron chi connectivity index (χ2n) is 8.39. The summed E-state index contributed by atoms with van der Waals surface area (Å²) in [6.07, 6.45) is -3.45. The number of benzene rings is 2. The Bertz CT molecular complexity index is 1220. The smallest absolute Gasteiger partial charge is 0.399 e. The number of rotatable bonds is 8. The number of nitrogens with two attached hydrogens (primary N) is 1. The van der Waals surface area contributed by atoms with E-state index in [1.807, 2.05) is 0 Å². The van der Waals surface area contributed by atoms with Crippen LogP contribution in [-0.2, 0) is 11.0 Å². The molecule has 0 spiro atoms. The Balaban J connectivity index is 1.66. The predicted molar refractivity (Wildman–Crippen MR) is 132 cm³/mol. The van der Waals surface area contributed by atoms with Crippen molar-refractivity contribution in [1.82, 2.24) is 10.2 Å². The van der Waals surface area contributed by atoms with Gasteiger partial charge in [0.15, 0.2) is 0 Å². The molecule has 3 amide bonds. The molecule has 1 unspecified atom stereocenters. The largest absolute Gasteiger partial charge is 0.416 e. The molecule has 0 saturated carbocycles. The number of hydrogen-bond acceptors (Lipinski definition) is 5. The van der Waals surface area contributed by atoms with E-state index in [1.165, 1.54) is 12.1 Å². The molecule has 2 heterocycles. The van der Waals surface area contributed by atoms with Gasteiger partial charge in [-0.05, 0) is 48.1 Å². The zero-order valence-electron chi connectivity index (χ0n) is 19.2. The Kier molecular flexibility index (Phi) is 7.45. The van der Waals surface area contributed by atoms with E-state index in [1.54, 1.807) is 40.9 Å². The lowest BCUT2D eigenvalue weighted by Crippen LogP contribution is -2.47. The molecule has 2 aromatic rings. The highest BCUT2D eigenvalue weighted by atomic mass is 32.2. The molecule has 2 aliphatic heterocycles. The Morgan fingerprint density at radius 1 is 1.14 bits per heavy atom. The number of nitrogen functional groups attached to an aromatic ring is 1. The van der Waals surface area contributed by atoms with Gasteiger partial charge in [0, 0.05) is 24.4 Å². The van der Waals surface area contributed by atoms with E-state index in [2.05, 4.69) is 11.4 Å². The molecule has 1 atom stereocenters. The standard InChI is InChI=1S/C25H24F3N5O2S/c26-25(27,28)17-4-1-5-19(14-17)33-20-15-32(11-3-13-36-12-2-10-29)23(34)21(20)22(31-24(33)35)16-6-8-18(30)9-7-16/h1,4-9,14,22H,2-3,11-13,15,30H2,(H,31,35). The number of halogens is 3. The fourth-order valence-corrected chi connectivity index (χ4v) is 5.06. The summed E-state index contributed by atoms with van der Waals surface area (Å²) >= 11 is 1.62. The highest BCUT2D eigenvalue weighted by Crippen LogP contribution is 2.40. The molecule has 7 nitrogen and oxygen atoms in total. The van der Waals surface area contributed by atoms with Gasteiger partial charge in [-0.3, -0.25) is 9.69 Å². The summed E-state index contributed by atoms with van der Waals surface area (Å²) in [7, 11) is 0. The molecular formula is C25H24F3N5O2S. The van der Waals surface area contributed by atoms with Crippen LogP contribution in [0.25, 0.3) is 0 Å². The average Bonchev–Trinajstić information content (AvgIpc) is 3.16. The first-order chi connectivity index (χ1) is 17.2. The number of urea groups is 1. The van der Waals surface area contributed by atoms with Gasteiger partial charge in [-0.15, -0.1) is 0 Å². The summed E-state index contributed by atoms with van der Waals surface area (Å²) in [5.41, 5.74) is 6.80. The normalized spacial score (nSPS) is 17.8. The monoisotopic (exact) mass is 515 g/mol. The van der Waals surface area contributed by atoms with E-state index in [-0.39, 0.29) is 18.1 Å². The Morgan fingerprint density at radius 3 is 2.58 bits per heavy atom. The van der Waals surface area contributed by atoms with Gasteiger partial charge < -0.3 is 16.0 Å². The minimum absolute atomic E-state index is 0.0345. The molecule has 36 heavy (non-hydrogen) atoms. The molecule has 2 aromatic carbocycles. The first-order valence-electron chi connectivity index (χ1n) is 11.3. The van der Waals surface area contributed by atoms with Crippen molar-refractivity contribution in [2.75, 3.05) is 35.2 Å². The lowest BCUT2D eigenvalue weighted by molar-refractivity contribution is -0.137. The van der Waals surface area contributed by atoms with Crippen LogP contribution < -0.4 is 16.0 Å². The van der Waals surface area contributed by atoms with Crippen molar-refractivity contribution in [3.05, 3.63) is 70.9 Å². The average molecular weight is 516 g/mol. The zero-order valence-corrected chi connectivity index (χ0v) is 20.0. The Hall–Kier alpha value is -3.65. The number of alkyl halides is 3. The van der Waals surface area contributed by atoms with Gasteiger partial charge in [0.05, 0.1) is 41.2 Å². The quantitative estimate of drug-likeness (QED) is 0.392. The van der Waals surface area contributed by atoms with Gasteiger partial charge in [-0.25, -0.2) is 4.79 Å². The van der Waals surface area contributed by atoms with Crippen molar-refractivity contribution >= 4 is 35.1 Å². The summed E-state index contributed by atoms with van der Waals surface area (Å²) in [4.78, 5) is 29.5. The van der Waals surface area contributed by atoms with Crippen molar-refractivity contribution in [1.29, 1.82) is 5.26 Å². The summed E-state index contributed by atoms with van der Waals surface area (Å²) < 4.78 is 40.1. The van der Waals surface area contributed by atoms with Crippen LogP contribution in [0.15, 0.2) is 59.8 Å². The van der Waals surface area contributed by atoms with Gasteiger partial charge in [0.2, 0.25) is 0 Å². The van der Waals surface area contributed by atoms with E-state index in [9.17, 15) is 22.8 Å². The van der Waals surface area contributed by atoms with E-state index >= 15 is 0 Å². The number of anilines is 2. The van der Waals surface area contributed by atoms with Crippen LogP contribution >= 0.6 is 11.8 Å². The van der Waals surface area contributed by atoms with Crippen molar-refractivity contribution < 1.29 is 22.8 Å². The fraction of sp³-hybridized carbons (Fsp3) is 0.320. The molecule has 2 aliphatic rings. The molecule has 188 valence electrons. The number of nitriles is 1. The fourth-order valence-electron chi connectivity index (χ4n) is 4.29. The third kappa shape index (κ3) is 5.28. The highest BCUT2D eigenvalue weighted by Gasteiger charge is 2.44. The topological polar surface area (TPSA) is 102 Å². The summed E-state index contributed by atoms with van der Waals surface area (Å²) in [5.74, 6) is 1.19. The summed E-state index contributed by atoms with van der Waals surface area (Å²) in [6, 6.07) is 12.0. The molecule has 0 aromatic heterocycles. The first-order valence-corrected chi connectivity index (χ1v) is 12.5. The van der Waals surface area contributed by atoms with E-state index in [0.29, 0.717) is 47.7 Å². The zero-order chi connectivity index (χ0) is 25.9. The third-order valence-electron chi connectivity index (χ3n) is 5.98. The van der Waals surface area contributed by atoms with Crippen LogP contribution in [0.4, 0.5) is 29.3 Å². The maximum absolute atomic E-state index is 13.5. The summed E-state index contributed by atoms with van der Waals surface area (Å²) in [6.45, 7) is 0.524. The number of hydrogen-bond donors (Lipinski definition) is 2. The molecule has 0 aliphatic carbocycles. The minimum atomic E-state index is -4.58. The van der Waals surface area contributed by atoms with Crippen LogP contribution in [0.3, 0.4) is 0 Å². The van der Waals surface area contributed by atoms with Gasteiger partial charge in [0.1, 0.15) is 0 Å². The van der Waals surface area contributed by atoms with Crippen molar-refractivity contribution in [3.63, 3.8) is 0 Å². The molecule has 4 rings (SSSR count). The Labute approximate surface area is 210 Å². The van der Waals surface area contributed by atoms with E-state index in [4.69, 9.17) is 11.0 Å². The predicted octanol–water partition coefficient (Wildman–Crippen LogP) is 4.69. The number of thioether (sulfide) groups is 1.